The molecule has 0 radical (unpaired) electrons. The molecular weight excluding hydrogens is 305 g/mol. The number of hydrogen-bond donors (Lipinski definition) is 2. The number of halogens is 4. The molecule has 21 heavy (non-hydrogen) atoms. The Morgan fingerprint density at radius 1 is 1.10 bits per heavy atom. The summed E-state index contributed by atoms with van der Waals surface area (Å²) in [6.45, 7) is 1.79. The summed E-state index contributed by atoms with van der Waals surface area (Å²) in [6, 6.07) is -0.724. The van der Waals surface area contributed by atoms with Gasteiger partial charge in [0.1, 0.15) is 0 Å². The van der Waals surface area contributed by atoms with Crippen LogP contribution in [0.3, 0.4) is 0 Å². The Balaban J connectivity index is 0.00000220. The van der Waals surface area contributed by atoms with Crippen LogP contribution in [0.15, 0.2) is 0 Å². The van der Waals surface area contributed by atoms with Crippen molar-refractivity contribution < 1.29 is 18.0 Å². The lowest BCUT2D eigenvalue weighted by Crippen LogP contribution is -2.48. The summed E-state index contributed by atoms with van der Waals surface area (Å²) < 4.78 is 38.8. The molecule has 1 saturated carbocycles. The first-order valence-electron chi connectivity index (χ1n) is 7.53. The van der Waals surface area contributed by atoms with Crippen LogP contribution >= 0.6 is 12.4 Å². The van der Waals surface area contributed by atoms with E-state index >= 15 is 0 Å². The number of amides is 1. The molecule has 1 aliphatic carbocycles. The predicted molar refractivity (Wildman–Crippen MR) is 77.4 cm³/mol. The summed E-state index contributed by atoms with van der Waals surface area (Å²) in [5.41, 5.74) is 0. The highest BCUT2D eigenvalue weighted by Gasteiger charge is 2.45. The molecule has 2 atom stereocenters. The quantitative estimate of drug-likeness (QED) is 0.836. The number of nitrogens with one attached hydrogen (secondary N) is 2. The molecule has 0 bridgehead atoms. The number of rotatable bonds is 3. The summed E-state index contributed by atoms with van der Waals surface area (Å²) in [6.07, 6.45) is -0.0168. The van der Waals surface area contributed by atoms with Crippen LogP contribution in [0.1, 0.15) is 44.9 Å². The van der Waals surface area contributed by atoms with Crippen molar-refractivity contribution in [1.29, 1.82) is 0 Å². The molecule has 2 unspecified atom stereocenters. The van der Waals surface area contributed by atoms with E-state index in [0.717, 1.165) is 32.4 Å². The molecule has 0 spiro atoms. The van der Waals surface area contributed by atoms with Gasteiger partial charge in [-0.2, -0.15) is 13.2 Å². The zero-order chi connectivity index (χ0) is 14.6. The Hall–Kier alpha value is -0.490. The Morgan fingerprint density at radius 2 is 1.71 bits per heavy atom. The molecule has 1 amide bonds. The molecule has 3 nitrogen and oxygen atoms in total. The van der Waals surface area contributed by atoms with Gasteiger partial charge in [-0.3, -0.25) is 4.79 Å². The van der Waals surface area contributed by atoms with Crippen LogP contribution in [-0.2, 0) is 4.79 Å². The second-order valence-corrected chi connectivity index (χ2v) is 6.00. The van der Waals surface area contributed by atoms with Gasteiger partial charge in [-0.1, -0.05) is 12.8 Å². The third kappa shape index (κ3) is 5.66. The Bertz CT molecular complexity index is 333. The van der Waals surface area contributed by atoms with Gasteiger partial charge in [-0.15, -0.1) is 12.4 Å². The van der Waals surface area contributed by atoms with Crippen molar-refractivity contribution in [2.75, 3.05) is 13.1 Å². The van der Waals surface area contributed by atoms with Gasteiger partial charge in [-0.25, -0.2) is 0 Å². The molecule has 124 valence electrons. The van der Waals surface area contributed by atoms with Crippen LogP contribution in [0, 0.1) is 11.8 Å². The summed E-state index contributed by atoms with van der Waals surface area (Å²) in [4.78, 5) is 12.0. The summed E-state index contributed by atoms with van der Waals surface area (Å²) in [5.74, 6) is -1.27. The molecule has 1 saturated heterocycles. The van der Waals surface area contributed by atoms with Gasteiger partial charge in [0, 0.05) is 12.5 Å². The lowest BCUT2D eigenvalue weighted by Gasteiger charge is -2.34. The molecular formula is C14H24ClF3N2O. The van der Waals surface area contributed by atoms with E-state index in [1.807, 2.05) is 0 Å². The molecule has 2 N–H and O–H groups in total. The standard InChI is InChI=1S/C14H23F3N2O.ClH/c15-14(16,17)11-3-1-2-4-12(11)19-13(20)9-10-5-7-18-8-6-10;/h10-12,18H,1-9H2,(H,19,20);1H. The van der Waals surface area contributed by atoms with Crippen LogP contribution in [0.2, 0.25) is 0 Å². The van der Waals surface area contributed by atoms with E-state index < -0.39 is 18.1 Å². The molecule has 7 heteroatoms. The van der Waals surface area contributed by atoms with Gasteiger partial charge in [0.15, 0.2) is 0 Å². The smallest absolute Gasteiger partial charge is 0.353 e. The first kappa shape index (κ1) is 18.6. The lowest BCUT2D eigenvalue weighted by atomic mass is 9.83. The summed E-state index contributed by atoms with van der Waals surface area (Å²) in [7, 11) is 0. The molecule has 2 rings (SSSR count). The van der Waals surface area contributed by atoms with Crippen molar-refractivity contribution in [3.63, 3.8) is 0 Å². The van der Waals surface area contributed by atoms with Gasteiger partial charge < -0.3 is 10.6 Å². The third-order valence-electron chi connectivity index (χ3n) is 4.47. The number of alkyl halides is 3. The van der Waals surface area contributed by atoms with Crippen molar-refractivity contribution in [1.82, 2.24) is 10.6 Å². The average molecular weight is 329 g/mol. The molecule has 2 aliphatic rings. The first-order valence-corrected chi connectivity index (χ1v) is 7.53. The highest BCUT2D eigenvalue weighted by atomic mass is 35.5. The fourth-order valence-electron chi connectivity index (χ4n) is 3.31. The number of carbonyl (C=O) groups excluding carboxylic acids is 1. The van der Waals surface area contributed by atoms with E-state index in [-0.39, 0.29) is 24.7 Å². The fraction of sp³-hybridized carbons (Fsp3) is 0.929. The maximum Gasteiger partial charge on any atom is 0.393 e. The van der Waals surface area contributed by atoms with Gasteiger partial charge >= 0.3 is 6.18 Å². The van der Waals surface area contributed by atoms with Crippen molar-refractivity contribution in [3.05, 3.63) is 0 Å². The maximum atomic E-state index is 12.9. The van der Waals surface area contributed by atoms with Crippen LogP contribution < -0.4 is 10.6 Å². The van der Waals surface area contributed by atoms with Crippen LogP contribution in [0.25, 0.3) is 0 Å². The highest BCUT2D eigenvalue weighted by molar-refractivity contribution is 5.85. The highest BCUT2D eigenvalue weighted by Crippen LogP contribution is 2.37. The summed E-state index contributed by atoms with van der Waals surface area (Å²) in [5, 5.41) is 5.86. The van der Waals surface area contributed by atoms with E-state index in [9.17, 15) is 18.0 Å². The second-order valence-electron chi connectivity index (χ2n) is 6.00. The Labute approximate surface area is 129 Å². The largest absolute Gasteiger partial charge is 0.393 e. The molecule has 1 heterocycles. The van der Waals surface area contributed by atoms with Crippen LogP contribution in [0.5, 0.6) is 0 Å². The van der Waals surface area contributed by atoms with Gasteiger partial charge in [0.05, 0.1) is 5.92 Å². The minimum absolute atomic E-state index is 0. The first-order chi connectivity index (χ1) is 9.47. The third-order valence-corrected chi connectivity index (χ3v) is 4.47. The van der Waals surface area contributed by atoms with Crippen molar-refractivity contribution in [2.24, 2.45) is 11.8 Å². The summed E-state index contributed by atoms with van der Waals surface area (Å²) >= 11 is 0. The zero-order valence-electron chi connectivity index (χ0n) is 12.0. The van der Waals surface area contributed by atoms with Gasteiger partial charge in [-0.05, 0) is 44.7 Å². The lowest BCUT2D eigenvalue weighted by molar-refractivity contribution is -0.189. The Morgan fingerprint density at radius 3 is 2.33 bits per heavy atom. The van der Waals surface area contributed by atoms with E-state index in [1.165, 1.54) is 0 Å². The van der Waals surface area contributed by atoms with E-state index in [4.69, 9.17) is 0 Å². The maximum absolute atomic E-state index is 12.9. The number of piperidine rings is 1. The molecule has 2 fully saturated rings. The average Bonchev–Trinajstić information content (AvgIpc) is 2.39. The van der Waals surface area contributed by atoms with Gasteiger partial charge in [0.25, 0.3) is 0 Å². The molecule has 0 aromatic heterocycles. The molecule has 0 aromatic carbocycles. The molecule has 1 aliphatic heterocycles. The van der Waals surface area contributed by atoms with Crippen molar-refractivity contribution >= 4 is 18.3 Å². The minimum atomic E-state index is -4.20. The van der Waals surface area contributed by atoms with Crippen molar-refractivity contribution in [2.45, 2.75) is 57.2 Å². The minimum Gasteiger partial charge on any atom is -0.353 e. The number of hydrogen-bond acceptors (Lipinski definition) is 2. The molecule has 0 aromatic rings. The monoisotopic (exact) mass is 328 g/mol. The number of carbonyl (C=O) groups is 1. The van der Waals surface area contributed by atoms with Crippen LogP contribution in [-0.4, -0.2) is 31.2 Å². The SMILES string of the molecule is Cl.O=C(CC1CCNCC1)NC1CCCCC1C(F)(F)F. The normalized spacial score (nSPS) is 27.8. The van der Waals surface area contributed by atoms with Crippen LogP contribution in [0.4, 0.5) is 13.2 Å². The fourth-order valence-corrected chi connectivity index (χ4v) is 3.31. The predicted octanol–water partition coefficient (Wildman–Crippen LogP) is 3.04. The topological polar surface area (TPSA) is 41.1 Å². The van der Waals surface area contributed by atoms with E-state index in [1.54, 1.807) is 0 Å². The zero-order valence-corrected chi connectivity index (χ0v) is 12.9. The van der Waals surface area contributed by atoms with E-state index in [0.29, 0.717) is 25.2 Å². The van der Waals surface area contributed by atoms with Gasteiger partial charge in [0.2, 0.25) is 5.91 Å². The Kier molecular flexibility index (Phi) is 7.27. The van der Waals surface area contributed by atoms with E-state index in [2.05, 4.69) is 10.6 Å². The van der Waals surface area contributed by atoms with Crippen molar-refractivity contribution in [3.8, 4) is 0 Å². The second kappa shape index (κ2) is 8.22.